The van der Waals surface area contributed by atoms with Crippen LogP contribution in [0.5, 0.6) is 0 Å². The van der Waals surface area contributed by atoms with Gasteiger partial charge in [-0.1, -0.05) is 6.07 Å². The van der Waals surface area contributed by atoms with Crippen molar-refractivity contribution >= 4 is 15.9 Å². The maximum Gasteiger partial charge on any atom is 0.146 e. The van der Waals surface area contributed by atoms with Gasteiger partial charge in [-0.25, -0.2) is 19.8 Å². The van der Waals surface area contributed by atoms with E-state index in [1.807, 2.05) is 0 Å². The molecular formula is C12H12BrFN4. The first kappa shape index (κ1) is 13.1. The summed E-state index contributed by atoms with van der Waals surface area (Å²) in [5, 5.41) is 0. The Morgan fingerprint density at radius 1 is 1.33 bits per heavy atom. The number of aromatic nitrogens is 2. The van der Waals surface area contributed by atoms with Gasteiger partial charge in [0.2, 0.25) is 0 Å². The minimum atomic E-state index is -0.285. The van der Waals surface area contributed by atoms with E-state index in [0.717, 1.165) is 5.56 Å². The number of hydrogen-bond donors (Lipinski definition) is 2. The van der Waals surface area contributed by atoms with Crippen molar-refractivity contribution in [3.8, 4) is 0 Å². The molecule has 0 saturated heterocycles. The number of nitrogens with zero attached hydrogens (tertiary/aromatic N) is 2. The van der Waals surface area contributed by atoms with Crippen LogP contribution >= 0.6 is 15.9 Å². The van der Waals surface area contributed by atoms with Crippen molar-refractivity contribution < 1.29 is 4.39 Å². The Morgan fingerprint density at radius 2 is 2.06 bits per heavy atom. The van der Waals surface area contributed by atoms with Crippen LogP contribution in [-0.4, -0.2) is 9.97 Å². The minimum Gasteiger partial charge on any atom is -0.271 e. The van der Waals surface area contributed by atoms with Gasteiger partial charge in [-0.2, -0.15) is 0 Å². The first-order chi connectivity index (χ1) is 8.70. The number of rotatable bonds is 4. The number of nitrogens with two attached hydrogens (primary N) is 1. The minimum absolute atomic E-state index is 0.205. The van der Waals surface area contributed by atoms with E-state index in [0.29, 0.717) is 16.7 Å². The number of hydrazine groups is 1. The third-order valence-electron chi connectivity index (χ3n) is 2.52. The van der Waals surface area contributed by atoms with Crippen LogP contribution in [0.1, 0.15) is 17.4 Å². The van der Waals surface area contributed by atoms with E-state index in [-0.39, 0.29) is 11.9 Å². The standard InChI is InChI=1S/C12H12BrFN4/c13-9-6-8(2-3-10(9)14)7-11(18-15)12-16-4-1-5-17-12/h1-6,11,18H,7,15H2. The highest BCUT2D eigenvalue weighted by molar-refractivity contribution is 9.10. The van der Waals surface area contributed by atoms with Crippen molar-refractivity contribution in [3.05, 3.63) is 58.3 Å². The molecule has 18 heavy (non-hydrogen) atoms. The van der Waals surface area contributed by atoms with Crippen LogP contribution in [0.3, 0.4) is 0 Å². The van der Waals surface area contributed by atoms with Gasteiger partial charge in [0, 0.05) is 12.4 Å². The number of benzene rings is 1. The van der Waals surface area contributed by atoms with E-state index < -0.39 is 0 Å². The maximum absolute atomic E-state index is 13.1. The average Bonchev–Trinajstić information content (AvgIpc) is 2.41. The summed E-state index contributed by atoms with van der Waals surface area (Å²) in [6.07, 6.45) is 3.90. The van der Waals surface area contributed by atoms with Crippen LogP contribution in [0.4, 0.5) is 4.39 Å². The molecule has 3 N–H and O–H groups in total. The third-order valence-corrected chi connectivity index (χ3v) is 3.13. The summed E-state index contributed by atoms with van der Waals surface area (Å²) in [5.74, 6) is 5.83. The van der Waals surface area contributed by atoms with Gasteiger partial charge >= 0.3 is 0 Å². The molecule has 1 unspecified atom stereocenters. The smallest absolute Gasteiger partial charge is 0.146 e. The van der Waals surface area contributed by atoms with E-state index in [1.165, 1.54) is 6.07 Å². The topological polar surface area (TPSA) is 63.8 Å². The van der Waals surface area contributed by atoms with E-state index in [9.17, 15) is 4.39 Å². The Balaban J connectivity index is 2.18. The molecule has 0 radical (unpaired) electrons. The van der Waals surface area contributed by atoms with Crippen molar-refractivity contribution in [2.24, 2.45) is 5.84 Å². The Morgan fingerprint density at radius 3 is 2.67 bits per heavy atom. The van der Waals surface area contributed by atoms with Crippen molar-refractivity contribution in [1.82, 2.24) is 15.4 Å². The SMILES string of the molecule is NNC(Cc1ccc(F)c(Br)c1)c1ncccn1. The molecule has 0 aliphatic carbocycles. The highest BCUT2D eigenvalue weighted by atomic mass is 79.9. The second-order valence-electron chi connectivity index (χ2n) is 3.78. The summed E-state index contributed by atoms with van der Waals surface area (Å²) < 4.78 is 13.6. The van der Waals surface area contributed by atoms with Crippen LogP contribution < -0.4 is 11.3 Å². The van der Waals surface area contributed by atoms with Gasteiger partial charge in [0.15, 0.2) is 0 Å². The Hall–Kier alpha value is -1.37. The van der Waals surface area contributed by atoms with Crippen LogP contribution in [0.2, 0.25) is 0 Å². The van der Waals surface area contributed by atoms with E-state index in [1.54, 1.807) is 30.6 Å². The van der Waals surface area contributed by atoms with Crippen LogP contribution in [0.25, 0.3) is 0 Å². The largest absolute Gasteiger partial charge is 0.271 e. The number of hydrogen-bond acceptors (Lipinski definition) is 4. The van der Waals surface area contributed by atoms with E-state index in [2.05, 4.69) is 31.3 Å². The molecule has 6 heteroatoms. The summed E-state index contributed by atoms with van der Waals surface area (Å²) in [6.45, 7) is 0. The second kappa shape index (κ2) is 5.99. The fourth-order valence-electron chi connectivity index (χ4n) is 1.62. The molecule has 0 saturated carbocycles. The normalized spacial score (nSPS) is 12.4. The van der Waals surface area contributed by atoms with Gasteiger partial charge in [-0.3, -0.25) is 5.84 Å². The lowest BCUT2D eigenvalue weighted by Gasteiger charge is -2.14. The lowest BCUT2D eigenvalue weighted by molar-refractivity contribution is 0.521. The quantitative estimate of drug-likeness (QED) is 0.671. The Labute approximate surface area is 113 Å². The molecule has 0 bridgehead atoms. The molecular weight excluding hydrogens is 299 g/mol. The zero-order valence-corrected chi connectivity index (χ0v) is 11.1. The van der Waals surface area contributed by atoms with Gasteiger partial charge in [0.1, 0.15) is 11.6 Å². The lowest BCUT2D eigenvalue weighted by Crippen LogP contribution is -2.30. The van der Waals surface area contributed by atoms with Crippen LogP contribution in [-0.2, 0) is 6.42 Å². The van der Waals surface area contributed by atoms with Gasteiger partial charge in [0.05, 0.1) is 10.5 Å². The molecule has 2 rings (SSSR count). The summed E-state index contributed by atoms with van der Waals surface area (Å²) >= 11 is 3.16. The first-order valence-electron chi connectivity index (χ1n) is 5.37. The zero-order chi connectivity index (χ0) is 13.0. The van der Waals surface area contributed by atoms with Crippen molar-refractivity contribution in [2.75, 3.05) is 0 Å². The molecule has 1 aromatic carbocycles. The summed E-state index contributed by atoms with van der Waals surface area (Å²) in [7, 11) is 0. The maximum atomic E-state index is 13.1. The third kappa shape index (κ3) is 3.10. The second-order valence-corrected chi connectivity index (χ2v) is 4.63. The molecule has 1 heterocycles. The summed E-state index contributed by atoms with van der Waals surface area (Å²) in [4.78, 5) is 8.29. The van der Waals surface area contributed by atoms with Crippen LogP contribution in [0, 0.1) is 5.82 Å². The predicted molar refractivity (Wildman–Crippen MR) is 69.9 cm³/mol. The fourth-order valence-corrected chi connectivity index (χ4v) is 2.04. The molecule has 0 amide bonds. The molecule has 1 atom stereocenters. The molecule has 94 valence electrons. The van der Waals surface area contributed by atoms with Crippen molar-refractivity contribution in [2.45, 2.75) is 12.5 Å². The van der Waals surface area contributed by atoms with Gasteiger partial charge in [-0.15, -0.1) is 0 Å². The molecule has 0 aliphatic rings. The zero-order valence-electron chi connectivity index (χ0n) is 9.48. The Kier molecular flexibility index (Phi) is 4.35. The highest BCUT2D eigenvalue weighted by Crippen LogP contribution is 2.20. The van der Waals surface area contributed by atoms with E-state index in [4.69, 9.17) is 5.84 Å². The van der Waals surface area contributed by atoms with Crippen LogP contribution in [0.15, 0.2) is 41.1 Å². The molecule has 2 aromatic rings. The summed E-state index contributed by atoms with van der Waals surface area (Å²) in [6, 6.07) is 6.39. The predicted octanol–water partition coefficient (Wildman–Crippen LogP) is 2.13. The molecule has 0 aliphatic heterocycles. The highest BCUT2D eigenvalue weighted by Gasteiger charge is 2.13. The first-order valence-corrected chi connectivity index (χ1v) is 6.17. The Bertz CT molecular complexity index is 521. The van der Waals surface area contributed by atoms with Gasteiger partial charge in [0.25, 0.3) is 0 Å². The fraction of sp³-hybridized carbons (Fsp3) is 0.167. The molecule has 1 aromatic heterocycles. The van der Waals surface area contributed by atoms with Gasteiger partial charge in [-0.05, 0) is 46.1 Å². The molecule has 0 fully saturated rings. The molecule has 4 nitrogen and oxygen atoms in total. The lowest BCUT2D eigenvalue weighted by atomic mass is 10.1. The van der Waals surface area contributed by atoms with Gasteiger partial charge < -0.3 is 0 Å². The van der Waals surface area contributed by atoms with Crippen molar-refractivity contribution in [1.29, 1.82) is 0 Å². The van der Waals surface area contributed by atoms with Crippen molar-refractivity contribution in [3.63, 3.8) is 0 Å². The number of nitrogens with one attached hydrogen (secondary N) is 1. The van der Waals surface area contributed by atoms with E-state index >= 15 is 0 Å². The summed E-state index contributed by atoms with van der Waals surface area (Å²) in [5.41, 5.74) is 3.61. The average molecular weight is 311 g/mol. The monoisotopic (exact) mass is 310 g/mol. The number of halogens is 2. The molecule has 0 spiro atoms.